The molecule has 0 nitrogen and oxygen atoms in total. The van der Waals surface area contributed by atoms with Crippen molar-refractivity contribution in [3.63, 3.8) is 0 Å². The van der Waals surface area contributed by atoms with Gasteiger partial charge in [-0.15, -0.1) is 5.28 Å². The molecule has 0 N–H and O–H groups in total. The van der Waals surface area contributed by atoms with Gasteiger partial charge in [-0.05, 0) is 0 Å². The normalized spacial score (nSPS) is 8.36. The van der Waals surface area contributed by atoms with Crippen LogP contribution in [0.5, 0.6) is 0 Å². The molecule has 0 aliphatic rings. The third kappa shape index (κ3) is 14.0. The fourth-order valence-electron chi connectivity index (χ4n) is 0.866. The predicted octanol–water partition coefficient (Wildman–Crippen LogP) is 2.99. The van der Waals surface area contributed by atoms with Gasteiger partial charge in [-0.25, -0.2) is 0 Å². The Morgan fingerprint density at radius 1 is 0.909 bits per heavy atom. The Balaban J connectivity index is 0. The van der Waals surface area contributed by atoms with Crippen molar-refractivity contribution in [2.75, 3.05) is 0 Å². The standard InChI is InChI=1S/C3H7.3C2H5.2Al.2H/c1-3-2;3*1-2;;;;/h1,3H2,2H3;3*1H2,2H3;;;;. The molecule has 0 radical (unpaired) electrons. The fourth-order valence-corrected chi connectivity index (χ4v) is 2.60. The Morgan fingerprint density at radius 3 is 1.18 bits per heavy atom. The Labute approximate surface area is 85.6 Å². The maximum absolute atomic E-state index is 2.32. The summed E-state index contributed by atoms with van der Waals surface area (Å²) in [4.78, 5) is 0. The maximum Gasteiger partial charge on any atom is 0.261 e. The molecule has 0 spiro atoms. The Hall–Kier alpha value is 1.06. The zero-order valence-electron chi connectivity index (χ0n) is 9.11. The minimum absolute atomic E-state index is 0.171. The van der Waals surface area contributed by atoms with Gasteiger partial charge in [0.15, 0.2) is 0 Å². The van der Waals surface area contributed by atoms with E-state index in [0.717, 1.165) is 0 Å². The van der Waals surface area contributed by atoms with E-state index in [1.54, 1.807) is 0 Å². The molecule has 0 aliphatic heterocycles. The summed E-state index contributed by atoms with van der Waals surface area (Å²) in [5.41, 5.74) is 0. The van der Waals surface area contributed by atoms with Gasteiger partial charge in [-0.1, -0.05) is 50.0 Å². The number of hydrogen-bond donors (Lipinski definition) is 0. The fraction of sp³-hybridized carbons (Fsp3) is 1.00. The van der Waals surface area contributed by atoms with Gasteiger partial charge in [-0.3, -0.25) is 0 Å². The van der Waals surface area contributed by atoms with E-state index in [1.807, 2.05) is 0 Å². The van der Waals surface area contributed by atoms with Crippen molar-refractivity contribution in [1.82, 2.24) is 0 Å². The molecule has 2 heteroatoms. The molecule has 0 aromatic carbocycles. The van der Waals surface area contributed by atoms with Crippen molar-refractivity contribution in [3.8, 4) is 0 Å². The number of rotatable bonds is 4. The molecule has 0 rings (SSSR count). The lowest BCUT2D eigenvalue weighted by Gasteiger charge is -1.97. The summed E-state index contributed by atoms with van der Waals surface area (Å²) >= 11 is 1.22. The maximum atomic E-state index is 2.32. The van der Waals surface area contributed by atoms with E-state index >= 15 is 0 Å². The van der Waals surface area contributed by atoms with E-state index in [2.05, 4.69) is 27.7 Å². The molecule has 0 bridgehead atoms. The highest BCUT2D eigenvalue weighted by molar-refractivity contribution is 6.58. The summed E-state index contributed by atoms with van der Waals surface area (Å²) < 4.78 is 0. The molecule has 0 aliphatic carbocycles. The van der Waals surface area contributed by atoms with E-state index in [1.165, 1.54) is 43.8 Å². The van der Waals surface area contributed by atoms with Gasteiger partial charge in [0.25, 0.3) is 14.1 Å². The van der Waals surface area contributed by atoms with Crippen molar-refractivity contribution < 1.29 is 0 Å². The third-order valence-corrected chi connectivity index (χ3v) is 6.70. The van der Waals surface area contributed by atoms with Gasteiger partial charge in [0.2, 0.25) is 16.3 Å². The highest BCUT2D eigenvalue weighted by Gasteiger charge is 2.05. The molecule has 0 atom stereocenters. The Morgan fingerprint density at radius 2 is 1.18 bits per heavy atom. The molecule has 0 saturated heterocycles. The first-order valence-corrected chi connectivity index (χ1v) is 9.12. The molecule has 66 valence electrons. The topological polar surface area (TPSA) is 0 Å². The van der Waals surface area contributed by atoms with Gasteiger partial charge in [0.05, 0.1) is 0 Å². The van der Waals surface area contributed by atoms with Crippen LogP contribution in [-0.2, 0) is 0 Å². The third-order valence-electron chi connectivity index (χ3n) is 2.23. The smallest absolute Gasteiger partial charge is 0.101 e. The second kappa shape index (κ2) is 13.6. The average molecular weight is 186 g/mol. The average Bonchev–Trinajstić information content (AvgIpc) is 2.08. The van der Waals surface area contributed by atoms with Gasteiger partial charge < -0.3 is 0 Å². The van der Waals surface area contributed by atoms with Crippen LogP contribution in [0.15, 0.2) is 0 Å². The summed E-state index contributed by atoms with van der Waals surface area (Å²) in [6, 6.07) is 0. The molecule has 11 heavy (non-hydrogen) atoms. The quantitative estimate of drug-likeness (QED) is 0.592. The van der Waals surface area contributed by atoms with E-state index in [9.17, 15) is 0 Å². The minimum Gasteiger partial charge on any atom is -0.101 e. The minimum atomic E-state index is -0.171. The van der Waals surface area contributed by atoms with Crippen LogP contribution in [0.3, 0.4) is 0 Å². The summed E-state index contributed by atoms with van der Waals surface area (Å²) in [6.07, 6.45) is 1.38. The van der Waals surface area contributed by atoms with Crippen LogP contribution < -0.4 is 0 Å². The lowest BCUT2D eigenvalue weighted by molar-refractivity contribution is 1.08. The molecular formula is C9H24Al2. The first-order valence-electron chi connectivity index (χ1n) is 5.26. The van der Waals surface area contributed by atoms with E-state index in [-0.39, 0.29) is 14.1 Å². The summed E-state index contributed by atoms with van der Waals surface area (Å²) in [5, 5.41) is 5.94. The van der Waals surface area contributed by atoms with Gasteiger partial charge in [0, 0.05) is 0 Å². The van der Waals surface area contributed by atoms with Crippen molar-refractivity contribution in [2.24, 2.45) is 0 Å². The van der Waals surface area contributed by atoms with Crippen molar-refractivity contribution in [1.29, 1.82) is 0 Å². The van der Waals surface area contributed by atoms with Crippen LogP contribution in [-0.4, -0.2) is 30.4 Å². The molecule has 0 aromatic rings. The molecule has 0 amide bonds. The second-order valence-corrected chi connectivity index (χ2v) is 8.27. The number of hydrogen-bond acceptors (Lipinski definition) is 0. The zero-order valence-corrected chi connectivity index (χ0v) is 12.3. The molecule has 0 fully saturated rings. The molecule has 0 unspecified atom stereocenters. The zero-order chi connectivity index (χ0) is 9.11. The van der Waals surface area contributed by atoms with Gasteiger partial charge in [-0.2, -0.15) is 0 Å². The van der Waals surface area contributed by atoms with Crippen LogP contribution >= 0.6 is 0 Å². The summed E-state index contributed by atoms with van der Waals surface area (Å²) in [6.45, 7) is 9.19. The SMILES string of the molecule is CC[CH2][AlH2].C[CH2][Al]([CH2]C)[CH2]C. The van der Waals surface area contributed by atoms with Crippen molar-refractivity contribution in [2.45, 2.75) is 55.2 Å². The van der Waals surface area contributed by atoms with Crippen LogP contribution in [0.25, 0.3) is 0 Å². The molecular weight excluding hydrogens is 162 g/mol. The van der Waals surface area contributed by atoms with E-state index < -0.39 is 0 Å². The second-order valence-electron chi connectivity index (χ2n) is 3.09. The molecule has 0 aromatic heterocycles. The van der Waals surface area contributed by atoms with Crippen LogP contribution in [0.2, 0.25) is 21.1 Å². The van der Waals surface area contributed by atoms with Crippen molar-refractivity contribution >= 4 is 30.4 Å². The monoisotopic (exact) mass is 186 g/mol. The van der Waals surface area contributed by atoms with Crippen molar-refractivity contribution in [3.05, 3.63) is 0 Å². The predicted molar refractivity (Wildman–Crippen MR) is 60.8 cm³/mol. The van der Waals surface area contributed by atoms with Crippen LogP contribution in [0, 0.1) is 0 Å². The molecule has 0 saturated carbocycles. The van der Waals surface area contributed by atoms with E-state index in [4.69, 9.17) is 0 Å². The highest BCUT2D eigenvalue weighted by Crippen LogP contribution is 2.01. The highest BCUT2D eigenvalue weighted by atomic mass is 27.2. The Bertz CT molecular complexity index is 44.0. The lowest BCUT2D eigenvalue weighted by Crippen LogP contribution is -2.04. The van der Waals surface area contributed by atoms with Gasteiger partial charge >= 0.3 is 0 Å². The van der Waals surface area contributed by atoms with Crippen LogP contribution in [0.1, 0.15) is 34.1 Å². The summed E-state index contributed by atoms with van der Waals surface area (Å²) in [5.74, 6) is 0. The first kappa shape index (κ1) is 14.6. The first-order chi connectivity index (χ1) is 5.26. The summed E-state index contributed by atoms with van der Waals surface area (Å²) in [7, 11) is 0. The van der Waals surface area contributed by atoms with Gasteiger partial charge in [0.1, 0.15) is 0 Å². The molecule has 0 heterocycles. The van der Waals surface area contributed by atoms with Crippen LogP contribution in [0.4, 0.5) is 0 Å². The largest absolute Gasteiger partial charge is 0.261 e. The Kier molecular flexibility index (Phi) is 18.1. The lowest BCUT2D eigenvalue weighted by atomic mass is 10.6. The van der Waals surface area contributed by atoms with E-state index in [0.29, 0.717) is 0 Å².